The van der Waals surface area contributed by atoms with Gasteiger partial charge in [-0.05, 0) is 13.6 Å². The highest BCUT2D eigenvalue weighted by atomic mass is 16.2. The van der Waals surface area contributed by atoms with Gasteiger partial charge in [0, 0.05) is 26.6 Å². The normalized spacial score (nSPS) is 13.2. The minimum atomic E-state index is 0.102. The first-order chi connectivity index (χ1) is 5.49. The topological polar surface area (TPSA) is 23.6 Å². The monoisotopic (exact) mass is 172 g/mol. The van der Waals surface area contributed by atoms with Gasteiger partial charge in [-0.2, -0.15) is 0 Å². The molecule has 0 aliphatic rings. The highest BCUT2D eigenvalue weighted by Gasteiger charge is 2.15. The molecule has 0 N–H and O–H groups in total. The van der Waals surface area contributed by atoms with Crippen LogP contribution >= 0.6 is 0 Å². The quantitative estimate of drug-likeness (QED) is 0.622. The van der Waals surface area contributed by atoms with E-state index >= 15 is 0 Å². The van der Waals surface area contributed by atoms with E-state index in [9.17, 15) is 4.79 Å². The second kappa shape index (κ2) is 5.14. The zero-order valence-electron chi connectivity index (χ0n) is 8.79. The molecule has 12 heavy (non-hydrogen) atoms. The summed E-state index contributed by atoms with van der Waals surface area (Å²) in [5.41, 5.74) is 0. The van der Waals surface area contributed by atoms with Crippen LogP contribution in [0.1, 0.15) is 13.8 Å². The van der Waals surface area contributed by atoms with Crippen molar-refractivity contribution in [1.29, 1.82) is 0 Å². The Labute approximate surface area is 75.3 Å². The fraction of sp³-hybridized carbons (Fsp3) is 0.889. The molecule has 1 amide bonds. The Morgan fingerprint density at radius 3 is 2.17 bits per heavy atom. The van der Waals surface area contributed by atoms with Gasteiger partial charge < -0.3 is 9.80 Å². The second-order valence-corrected chi connectivity index (χ2v) is 3.49. The molecule has 0 aromatic rings. The van der Waals surface area contributed by atoms with E-state index in [1.54, 1.807) is 19.0 Å². The van der Waals surface area contributed by atoms with Crippen molar-refractivity contribution in [2.24, 2.45) is 5.92 Å². The van der Waals surface area contributed by atoms with E-state index in [1.807, 2.05) is 14.0 Å². The molecule has 3 nitrogen and oxygen atoms in total. The number of hydrogen-bond donors (Lipinski definition) is 0. The van der Waals surface area contributed by atoms with Gasteiger partial charge in [-0.15, -0.1) is 0 Å². The van der Waals surface area contributed by atoms with Gasteiger partial charge in [0.15, 0.2) is 0 Å². The van der Waals surface area contributed by atoms with Gasteiger partial charge in [-0.25, -0.2) is 0 Å². The summed E-state index contributed by atoms with van der Waals surface area (Å²) in [5.74, 6) is 0.306. The Bertz CT molecular complexity index is 145. The predicted octanol–water partition coefficient (Wildman–Crippen LogP) is 0.662. The minimum absolute atomic E-state index is 0.102. The molecule has 0 aromatic heterocycles. The molecule has 0 heterocycles. The van der Waals surface area contributed by atoms with Crippen molar-refractivity contribution < 1.29 is 4.79 Å². The predicted molar refractivity (Wildman–Crippen MR) is 51.0 cm³/mol. The maximum atomic E-state index is 11.4. The lowest BCUT2D eigenvalue weighted by Crippen LogP contribution is -2.35. The van der Waals surface area contributed by atoms with Crippen molar-refractivity contribution in [1.82, 2.24) is 9.80 Å². The lowest BCUT2D eigenvalue weighted by molar-refractivity contribution is -0.132. The summed E-state index contributed by atoms with van der Waals surface area (Å²) in [5, 5.41) is 0. The molecule has 3 heteroatoms. The molecule has 1 unspecified atom stereocenters. The average Bonchev–Trinajstić information content (AvgIpc) is 2.02. The molecule has 0 saturated carbocycles. The Balaban J connectivity index is 3.86. The van der Waals surface area contributed by atoms with Crippen LogP contribution in [-0.2, 0) is 4.79 Å². The van der Waals surface area contributed by atoms with Gasteiger partial charge in [0.1, 0.15) is 0 Å². The maximum absolute atomic E-state index is 11.4. The molecular formula is C9H20N2O. The van der Waals surface area contributed by atoms with Crippen LogP contribution in [-0.4, -0.2) is 49.9 Å². The number of carbonyl (C=O) groups is 1. The first-order valence-corrected chi connectivity index (χ1v) is 4.38. The lowest BCUT2D eigenvalue weighted by Gasteiger charge is -2.21. The van der Waals surface area contributed by atoms with Crippen LogP contribution in [0.3, 0.4) is 0 Å². The first-order valence-electron chi connectivity index (χ1n) is 4.38. The zero-order chi connectivity index (χ0) is 9.72. The van der Waals surface area contributed by atoms with E-state index in [0.29, 0.717) is 0 Å². The Hall–Kier alpha value is -0.570. The zero-order valence-corrected chi connectivity index (χ0v) is 8.79. The summed E-state index contributed by atoms with van der Waals surface area (Å²) in [4.78, 5) is 15.2. The maximum Gasteiger partial charge on any atom is 0.226 e. The van der Waals surface area contributed by atoms with Crippen LogP contribution in [0.2, 0.25) is 0 Å². The number of nitrogens with zero attached hydrogens (tertiary/aromatic N) is 2. The van der Waals surface area contributed by atoms with Crippen molar-refractivity contribution in [3.05, 3.63) is 0 Å². The van der Waals surface area contributed by atoms with Gasteiger partial charge in [-0.3, -0.25) is 4.79 Å². The molecule has 0 fully saturated rings. The third kappa shape index (κ3) is 3.72. The van der Waals surface area contributed by atoms with E-state index in [4.69, 9.17) is 0 Å². The molecular weight excluding hydrogens is 152 g/mol. The van der Waals surface area contributed by atoms with E-state index in [0.717, 1.165) is 13.1 Å². The van der Waals surface area contributed by atoms with Crippen molar-refractivity contribution in [2.75, 3.05) is 34.2 Å². The van der Waals surface area contributed by atoms with Gasteiger partial charge in [0.05, 0.1) is 0 Å². The smallest absolute Gasteiger partial charge is 0.226 e. The van der Waals surface area contributed by atoms with E-state index < -0.39 is 0 Å². The third-order valence-corrected chi connectivity index (χ3v) is 1.99. The summed E-state index contributed by atoms with van der Waals surface area (Å²) in [6.45, 7) is 5.89. The number of carbonyl (C=O) groups excluding carboxylic acids is 1. The molecule has 1 atom stereocenters. The first kappa shape index (κ1) is 11.4. The minimum Gasteiger partial charge on any atom is -0.349 e. The Morgan fingerprint density at radius 1 is 1.33 bits per heavy atom. The lowest BCUT2D eigenvalue weighted by atomic mass is 10.1. The van der Waals surface area contributed by atoms with E-state index in [-0.39, 0.29) is 11.8 Å². The number of rotatable bonds is 4. The van der Waals surface area contributed by atoms with Gasteiger partial charge in [0.2, 0.25) is 5.91 Å². The van der Waals surface area contributed by atoms with Crippen LogP contribution in [0.15, 0.2) is 0 Å². The molecule has 0 spiro atoms. The fourth-order valence-electron chi connectivity index (χ4n) is 1.12. The summed E-state index contributed by atoms with van der Waals surface area (Å²) < 4.78 is 0. The summed E-state index contributed by atoms with van der Waals surface area (Å²) in [6, 6.07) is 0. The largest absolute Gasteiger partial charge is 0.349 e. The highest BCUT2D eigenvalue weighted by molar-refractivity contribution is 5.78. The van der Waals surface area contributed by atoms with Crippen LogP contribution in [0, 0.1) is 5.92 Å². The van der Waals surface area contributed by atoms with Crippen LogP contribution in [0.4, 0.5) is 0 Å². The highest BCUT2D eigenvalue weighted by Crippen LogP contribution is 2.00. The Kier molecular flexibility index (Phi) is 4.90. The summed E-state index contributed by atoms with van der Waals surface area (Å²) in [6.07, 6.45) is 0. The summed E-state index contributed by atoms with van der Waals surface area (Å²) in [7, 11) is 5.62. The van der Waals surface area contributed by atoms with Crippen molar-refractivity contribution in [3.8, 4) is 0 Å². The standard InChI is InChI=1S/C9H20N2O/c1-6-11(5)7-8(2)9(12)10(3)4/h8H,6-7H2,1-5H3. The molecule has 0 saturated heterocycles. The average molecular weight is 172 g/mol. The molecule has 0 bridgehead atoms. The Morgan fingerprint density at radius 2 is 1.83 bits per heavy atom. The fourth-order valence-corrected chi connectivity index (χ4v) is 1.12. The SMILES string of the molecule is CCN(C)CC(C)C(=O)N(C)C. The van der Waals surface area contributed by atoms with Crippen molar-refractivity contribution in [3.63, 3.8) is 0 Å². The van der Waals surface area contributed by atoms with Crippen LogP contribution < -0.4 is 0 Å². The molecule has 0 aliphatic carbocycles. The van der Waals surface area contributed by atoms with Crippen molar-refractivity contribution >= 4 is 5.91 Å². The molecule has 0 rings (SSSR count). The van der Waals surface area contributed by atoms with Crippen LogP contribution in [0.25, 0.3) is 0 Å². The number of hydrogen-bond acceptors (Lipinski definition) is 2. The van der Waals surface area contributed by atoms with Gasteiger partial charge in [-0.1, -0.05) is 13.8 Å². The van der Waals surface area contributed by atoms with Crippen LogP contribution in [0.5, 0.6) is 0 Å². The van der Waals surface area contributed by atoms with E-state index in [1.165, 1.54) is 0 Å². The third-order valence-electron chi connectivity index (χ3n) is 1.99. The summed E-state index contributed by atoms with van der Waals surface area (Å²) >= 11 is 0. The molecule has 0 radical (unpaired) electrons. The van der Waals surface area contributed by atoms with E-state index in [2.05, 4.69) is 11.8 Å². The van der Waals surface area contributed by atoms with Gasteiger partial charge >= 0.3 is 0 Å². The number of amides is 1. The molecule has 0 aliphatic heterocycles. The molecule has 72 valence electrons. The van der Waals surface area contributed by atoms with Gasteiger partial charge in [0.25, 0.3) is 0 Å². The van der Waals surface area contributed by atoms with Crippen molar-refractivity contribution in [2.45, 2.75) is 13.8 Å². The second-order valence-electron chi connectivity index (χ2n) is 3.49. The molecule has 0 aromatic carbocycles.